The van der Waals surface area contributed by atoms with Crippen LogP contribution in [0.25, 0.3) is 0 Å². The van der Waals surface area contributed by atoms with Crippen molar-refractivity contribution in [2.75, 3.05) is 13.1 Å². The number of thiazole rings is 1. The van der Waals surface area contributed by atoms with Gasteiger partial charge in [0.1, 0.15) is 0 Å². The first kappa shape index (κ1) is 15.0. The van der Waals surface area contributed by atoms with Gasteiger partial charge in [-0.15, -0.1) is 0 Å². The molecule has 5 heteroatoms. The molecule has 1 rings (SSSR count). The third-order valence-electron chi connectivity index (χ3n) is 2.87. The van der Waals surface area contributed by atoms with Gasteiger partial charge < -0.3 is 9.47 Å². The summed E-state index contributed by atoms with van der Waals surface area (Å²) in [5, 5.41) is 1.84. The summed E-state index contributed by atoms with van der Waals surface area (Å²) < 4.78 is 1.68. The van der Waals surface area contributed by atoms with Gasteiger partial charge in [-0.1, -0.05) is 25.2 Å². The Labute approximate surface area is 112 Å². The molecule has 0 saturated carbocycles. The van der Waals surface area contributed by atoms with Crippen LogP contribution in [0.2, 0.25) is 0 Å². The van der Waals surface area contributed by atoms with E-state index in [1.807, 2.05) is 17.2 Å². The zero-order chi connectivity index (χ0) is 13.5. The second-order valence-corrected chi connectivity index (χ2v) is 5.25. The van der Waals surface area contributed by atoms with E-state index in [0.29, 0.717) is 13.0 Å². The van der Waals surface area contributed by atoms with E-state index in [-0.39, 0.29) is 10.8 Å². The van der Waals surface area contributed by atoms with Crippen LogP contribution in [-0.4, -0.2) is 28.5 Å². The van der Waals surface area contributed by atoms with E-state index in [0.717, 1.165) is 31.6 Å². The Morgan fingerprint density at radius 1 is 1.33 bits per heavy atom. The van der Waals surface area contributed by atoms with Gasteiger partial charge in [0.2, 0.25) is 5.91 Å². The highest BCUT2D eigenvalue weighted by Crippen LogP contribution is 2.04. The summed E-state index contributed by atoms with van der Waals surface area (Å²) in [7, 11) is 0. The van der Waals surface area contributed by atoms with Crippen LogP contribution >= 0.6 is 11.3 Å². The molecule has 0 unspecified atom stereocenters. The van der Waals surface area contributed by atoms with Crippen LogP contribution in [-0.2, 0) is 11.3 Å². The summed E-state index contributed by atoms with van der Waals surface area (Å²) in [6, 6.07) is 0. The van der Waals surface area contributed by atoms with Crippen LogP contribution in [0, 0.1) is 6.92 Å². The number of amides is 1. The minimum atomic E-state index is 0.0258. The first-order chi connectivity index (χ1) is 8.60. The zero-order valence-corrected chi connectivity index (χ0v) is 12.3. The third kappa shape index (κ3) is 3.98. The highest BCUT2D eigenvalue weighted by Gasteiger charge is 2.12. The zero-order valence-electron chi connectivity index (χ0n) is 11.4. The van der Waals surface area contributed by atoms with E-state index in [2.05, 4.69) is 13.8 Å². The van der Waals surface area contributed by atoms with Gasteiger partial charge in [-0.2, -0.15) is 0 Å². The lowest BCUT2D eigenvalue weighted by atomic mass is 10.3. The summed E-state index contributed by atoms with van der Waals surface area (Å²) >= 11 is 1.19. The van der Waals surface area contributed by atoms with Crippen molar-refractivity contribution in [1.29, 1.82) is 0 Å². The lowest BCUT2D eigenvalue weighted by molar-refractivity contribution is -0.131. The molecule has 4 nitrogen and oxygen atoms in total. The lowest BCUT2D eigenvalue weighted by Crippen LogP contribution is -2.33. The summed E-state index contributed by atoms with van der Waals surface area (Å²) in [4.78, 5) is 25.5. The van der Waals surface area contributed by atoms with E-state index >= 15 is 0 Å². The number of nitrogens with zero attached hydrogens (tertiary/aromatic N) is 2. The molecule has 0 fully saturated rings. The minimum Gasteiger partial charge on any atom is -0.343 e. The number of carbonyl (C=O) groups excluding carboxylic acids is 1. The van der Waals surface area contributed by atoms with Crippen molar-refractivity contribution >= 4 is 17.2 Å². The van der Waals surface area contributed by atoms with Crippen molar-refractivity contribution in [3.8, 4) is 0 Å². The van der Waals surface area contributed by atoms with Crippen LogP contribution < -0.4 is 4.87 Å². The fourth-order valence-corrected chi connectivity index (χ4v) is 2.70. The maximum atomic E-state index is 12.1. The van der Waals surface area contributed by atoms with E-state index in [9.17, 15) is 9.59 Å². The summed E-state index contributed by atoms with van der Waals surface area (Å²) in [5.74, 6) is 0.149. The SMILES string of the molecule is CCCN(CCC)C(=O)CCn1c(C)csc1=O. The van der Waals surface area contributed by atoms with Gasteiger partial charge in [0.05, 0.1) is 0 Å². The Morgan fingerprint density at radius 2 is 1.94 bits per heavy atom. The van der Waals surface area contributed by atoms with Crippen molar-refractivity contribution < 1.29 is 4.79 Å². The molecular formula is C13H22N2O2S. The molecule has 0 spiro atoms. The minimum absolute atomic E-state index is 0.0258. The molecule has 18 heavy (non-hydrogen) atoms. The predicted molar refractivity (Wildman–Crippen MR) is 75.1 cm³/mol. The molecule has 0 saturated heterocycles. The number of hydrogen-bond acceptors (Lipinski definition) is 3. The summed E-state index contributed by atoms with van der Waals surface area (Å²) in [6.07, 6.45) is 2.36. The molecule has 0 aliphatic carbocycles. The quantitative estimate of drug-likeness (QED) is 0.762. The molecule has 1 heterocycles. The first-order valence-electron chi connectivity index (χ1n) is 6.52. The average Bonchev–Trinajstić information content (AvgIpc) is 2.66. The van der Waals surface area contributed by atoms with Crippen molar-refractivity contribution in [3.63, 3.8) is 0 Å². The summed E-state index contributed by atoms with van der Waals surface area (Å²) in [6.45, 7) is 8.16. The molecule has 1 aromatic rings. The maximum absolute atomic E-state index is 12.1. The largest absolute Gasteiger partial charge is 0.343 e. The smallest absolute Gasteiger partial charge is 0.307 e. The van der Waals surface area contributed by atoms with Crippen LogP contribution in [0.15, 0.2) is 10.2 Å². The van der Waals surface area contributed by atoms with Gasteiger partial charge in [-0.3, -0.25) is 9.59 Å². The maximum Gasteiger partial charge on any atom is 0.307 e. The van der Waals surface area contributed by atoms with Gasteiger partial charge in [0, 0.05) is 37.1 Å². The molecule has 0 radical (unpaired) electrons. The molecule has 0 aliphatic heterocycles. The Hall–Kier alpha value is -1.10. The molecule has 0 bridgehead atoms. The van der Waals surface area contributed by atoms with Gasteiger partial charge in [-0.05, 0) is 19.8 Å². The van der Waals surface area contributed by atoms with Crippen molar-refractivity contribution in [3.05, 3.63) is 20.7 Å². The molecule has 0 atom stereocenters. The van der Waals surface area contributed by atoms with E-state index in [4.69, 9.17) is 0 Å². The molecule has 0 aromatic carbocycles. The van der Waals surface area contributed by atoms with Crippen LogP contribution in [0.5, 0.6) is 0 Å². The van der Waals surface area contributed by atoms with Gasteiger partial charge in [-0.25, -0.2) is 0 Å². The number of aryl methyl sites for hydroxylation is 1. The summed E-state index contributed by atoms with van der Waals surface area (Å²) in [5.41, 5.74) is 0.940. The van der Waals surface area contributed by atoms with Gasteiger partial charge >= 0.3 is 4.87 Å². The molecule has 102 valence electrons. The van der Waals surface area contributed by atoms with Crippen molar-refractivity contribution in [2.45, 2.75) is 46.6 Å². The van der Waals surface area contributed by atoms with Crippen molar-refractivity contribution in [2.24, 2.45) is 0 Å². The van der Waals surface area contributed by atoms with Gasteiger partial charge in [0.25, 0.3) is 0 Å². The van der Waals surface area contributed by atoms with Gasteiger partial charge in [0.15, 0.2) is 0 Å². The number of hydrogen-bond donors (Lipinski definition) is 0. The highest BCUT2D eigenvalue weighted by molar-refractivity contribution is 7.07. The van der Waals surface area contributed by atoms with Crippen LogP contribution in [0.1, 0.15) is 38.8 Å². The third-order valence-corrected chi connectivity index (χ3v) is 3.75. The van der Waals surface area contributed by atoms with E-state index in [1.165, 1.54) is 11.3 Å². The monoisotopic (exact) mass is 270 g/mol. The molecule has 0 aliphatic rings. The van der Waals surface area contributed by atoms with Crippen molar-refractivity contribution in [1.82, 2.24) is 9.47 Å². The standard InChI is InChI=1S/C13H22N2O2S/c1-4-7-14(8-5-2)12(16)6-9-15-11(3)10-18-13(15)17/h10H,4-9H2,1-3H3. The topological polar surface area (TPSA) is 42.3 Å². The highest BCUT2D eigenvalue weighted by atomic mass is 32.1. The number of carbonyl (C=O) groups is 1. The number of rotatable bonds is 7. The first-order valence-corrected chi connectivity index (χ1v) is 7.40. The Kier molecular flexibility index (Phi) is 6.12. The van der Waals surface area contributed by atoms with E-state index in [1.54, 1.807) is 4.57 Å². The fourth-order valence-electron chi connectivity index (χ4n) is 1.94. The normalized spacial score (nSPS) is 10.6. The predicted octanol–water partition coefficient (Wildman–Crippen LogP) is 2.26. The number of aromatic nitrogens is 1. The Balaban J connectivity index is 2.56. The Morgan fingerprint density at radius 3 is 2.39 bits per heavy atom. The molecular weight excluding hydrogens is 248 g/mol. The second kappa shape index (κ2) is 7.36. The fraction of sp³-hybridized carbons (Fsp3) is 0.692. The Bertz CT molecular complexity index is 430. The molecule has 1 amide bonds. The molecule has 1 aromatic heterocycles. The average molecular weight is 270 g/mol. The second-order valence-electron chi connectivity index (χ2n) is 4.43. The van der Waals surface area contributed by atoms with E-state index < -0.39 is 0 Å². The molecule has 0 N–H and O–H groups in total. The van der Waals surface area contributed by atoms with Crippen LogP contribution in [0.3, 0.4) is 0 Å². The lowest BCUT2D eigenvalue weighted by Gasteiger charge is -2.21. The van der Waals surface area contributed by atoms with Crippen LogP contribution in [0.4, 0.5) is 0 Å².